The van der Waals surface area contributed by atoms with E-state index in [4.69, 9.17) is 5.11 Å². The van der Waals surface area contributed by atoms with Crippen molar-refractivity contribution in [1.29, 1.82) is 0 Å². The Balaban J connectivity index is 2.58. The van der Waals surface area contributed by atoms with Gasteiger partial charge in [0.05, 0.1) is 5.92 Å². The van der Waals surface area contributed by atoms with E-state index in [2.05, 4.69) is 10.3 Å². The number of carboxylic acids is 1. The maximum Gasteiger partial charge on any atom is 0.308 e. The van der Waals surface area contributed by atoms with Crippen LogP contribution in [-0.2, 0) is 16.0 Å². The first-order chi connectivity index (χ1) is 7.59. The van der Waals surface area contributed by atoms with Crippen molar-refractivity contribution in [2.75, 3.05) is 6.54 Å². The van der Waals surface area contributed by atoms with Gasteiger partial charge in [0.2, 0.25) is 5.91 Å². The molecule has 16 heavy (non-hydrogen) atoms. The molecular formula is C11H14N2O3. The summed E-state index contributed by atoms with van der Waals surface area (Å²) in [6.07, 6.45) is 3.62. The number of aliphatic carboxylic acids is 1. The van der Waals surface area contributed by atoms with E-state index in [1.165, 1.54) is 6.92 Å². The molecular weight excluding hydrogens is 208 g/mol. The Morgan fingerprint density at radius 1 is 1.44 bits per heavy atom. The number of aromatic nitrogens is 1. The van der Waals surface area contributed by atoms with E-state index in [1.807, 2.05) is 0 Å². The lowest BCUT2D eigenvalue weighted by molar-refractivity contribution is -0.141. The molecule has 1 aromatic heterocycles. The summed E-state index contributed by atoms with van der Waals surface area (Å²) in [6, 6.07) is 3.54. The number of nitrogens with zero attached hydrogens (tertiary/aromatic N) is 1. The molecule has 0 aliphatic carbocycles. The monoisotopic (exact) mass is 222 g/mol. The van der Waals surface area contributed by atoms with Crippen molar-refractivity contribution in [2.24, 2.45) is 5.92 Å². The van der Waals surface area contributed by atoms with Crippen LogP contribution in [0.2, 0.25) is 0 Å². The second-order valence-corrected chi connectivity index (χ2v) is 3.53. The van der Waals surface area contributed by atoms with Gasteiger partial charge in [-0.1, -0.05) is 0 Å². The highest BCUT2D eigenvalue weighted by Gasteiger charge is 2.18. The third kappa shape index (κ3) is 4.08. The average molecular weight is 222 g/mol. The fourth-order valence-electron chi connectivity index (χ4n) is 1.32. The van der Waals surface area contributed by atoms with Gasteiger partial charge in [0.25, 0.3) is 0 Å². The molecule has 0 saturated carbocycles. The van der Waals surface area contributed by atoms with Crippen LogP contribution in [0.15, 0.2) is 24.5 Å². The second kappa shape index (κ2) is 5.85. The van der Waals surface area contributed by atoms with Crippen molar-refractivity contribution in [2.45, 2.75) is 13.3 Å². The van der Waals surface area contributed by atoms with E-state index < -0.39 is 11.9 Å². The molecule has 1 heterocycles. The van der Waals surface area contributed by atoms with Crippen LogP contribution in [0.3, 0.4) is 0 Å². The molecule has 1 amide bonds. The van der Waals surface area contributed by atoms with Crippen LogP contribution >= 0.6 is 0 Å². The lowest BCUT2D eigenvalue weighted by atomic mass is 10.0. The summed E-state index contributed by atoms with van der Waals surface area (Å²) in [4.78, 5) is 25.5. The van der Waals surface area contributed by atoms with Gasteiger partial charge >= 0.3 is 5.97 Å². The first kappa shape index (κ1) is 12.2. The van der Waals surface area contributed by atoms with Gasteiger partial charge in [0.1, 0.15) is 0 Å². The lowest BCUT2D eigenvalue weighted by Crippen LogP contribution is -2.32. The Labute approximate surface area is 93.5 Å². The van der Waals surface area contributed by atoms with Gasteiger partial charge in [-0.15, -0.1) is 0 Å². The van der Waals surface area contributed by atoms with E-state index in [0.29, 0.717) is 6.42 Å². The standard InChI is InChI=1S/C11H14N2O3/c1-8(14)13-7-10(11(15)16)6-9-2-4-12-5-3-9/h2-5,10H,6-7H2,1H3,(H,13,14)(H,15,16). The third-order valence-corrected chi connectivity index (χ3v) is 2.18. The average Bonchev–Trinajstić information content (AvgIpc) is 2.25. The maximum absolute atomic E-state index is 10.9. The number of amides is 1. The lowest BCUT2D eigenvalue weighted by Gasteiger charge is -2.12. The smallest absolute Gasteiger partial charge is 0.308 e. The summed E-state index contributed by atoms with van der Waals surface area (Å²) in [6.45, 7) is 1.51. The molecule has 0 saturated heterocycles. The minimum Gasteiger partial charge on any atom is -0.481 e. The summed E-state index contributed by atoms with van der Waals surface area (Å²) in [5, 5.41) is 11.5. The highest BCUT2D eigenvalue weighted by atomic mass is 16.4. The Morgan fingerprint density at radius 2 is 2.06 bits per heavy atom. The molecule has 1 unspecified atom stereocenters. The van der Waals surface area contributed by atoms with E-state index in [0.717, 1.165) is 5.56 Å². The highest BCUT2D eigenvalue weighted by Crippen LogP contribution is 2.07. The first-order valence-corrected chi connectivity index (χ1v) is 4.95. The molecule has 1 rings (SSSR count). The van der Waals surface area contributed by atoms with Crippen LogP contribution in [0.4, 0.5) is 0 Å². The van der Waals surface area contributed by atoms with E-state index >= 15 is 0 Å². The molecule has 0 spiro atoms. The molecule has 0 fully saturated rings. The molecule has 5 heteroatoms. The number of carbonyl (C=O) groups excluding carboxylic acids is 1. The molecule has 5 nitrogen and oxygen atoms in total. The number of pyridine rings is 1. The molecule has 86 valence electrons. The van der Waals surface area contributed by atoms with Crippen molar-refractivity contribution in [3.8, 4) is 0 Å². The predicted molar refractivity (Wildman–Crippen MR) is 57.8 cm³/mol. The molecule has 0 aliphatic rings. The van der Waals surface area contributed by atoms with Gasteiger partial charge in [-0.25, -0.2) is 0 Å². The summed E-state index contributed by atoms with van der Waals surface area (Å²) < 4.78 is 0. The Hall–Kier alpha value is -1.91. The number of rotatable bonds is 5. The minimum atomic E-state index is -0.912. The van der Waals surface area contributed by atoms with Gasteiger partial charge in [0.15, 0.2) is 0 Å². The highest BCUT2D eigenvalue weighted by molar-refractivity contribution is 5.75. The van der Waals surface area contributed by atoms with Crippen LogP contribution in [0.5, 0.6) is 0 Å². The summed E-state index contributed by atoms with van der Waals surface area (Å²) >= 11 is 0. The molecule has 0 bridgehead atoms. The van der Waals surface area contributed by atoms with Gasteiger partial charge < -0.3 is 10.4 Å². The zero-order valence-corrected chi connectivity index (χ0v) is 9.01. The SMILES string of the molecule is CC(=O)NCC(Cc1ccncc1)C(=O)O. The quantitative estimate of drug-likeness (QED) is 0.758. The summed E-state index contributed by atoms with van der Waals surface area (Å²) in [5.41, 5.74) is 0.896. The maximum atomic E-state index is 10.9. The molecule has 2 N–H and O–H groups in total. The molecule has 1 aromatic rings. The number of nitrogens with one attached hydrogen (secondary N) is 1. The largest absolute Gasteiger partial charge is 0.481 e. The second-order valence-electron chi connectivity index (χ2n) is 3.53. The van der Waals surface area contributed by atoms with E-state index in [-0.39, 0.29) is 12.5 Å². The van der Waals surface area contributed by atoms with Crippen molar-refractivity contribution in [3.63, 3.8) is 0 Å². The minimum absolute atomic E-state index is 0.146. The molecule has 0 aromatic carbocycles. The normalized spacial score (nSPS) is 11.8. The number of hydrogen-bond acceptors (Lipinski definition) is 3. The van der Waals surface area contributed by atoms with Crippen LogP contribution in [0.25, 0.3) is 0 Å². The van der Waals surface area contributed by atoms with Crippen LogP contribution in [-0.4, -0.2) is 28.5 Å². The molecule has 0 aliphatic heterocycles. The molecule has 1 atom stereocenters. The Kier molecular flexibility index (Phi) is 4.44. The van der Waals surface area contributed by atoms with E-state index in [1.54, 1.807) is 24.5 Å². The van der Waals surface area contributed by atoms with Crippen molar-refractivity contribution in [1.82, 2.24) is 10.3 Å². The third-order valence-electron chi connectivity index (χ3n) is 2.18. The zero-order chi connectivity index (χ0) is 12.0. The zero-order valence-electron chi connectivity index (χ0n) is 9.01. The van der Waals surface area contributed by atoms with Crippen LogP contribution < -0.4 is 5.32 Å². The summed E-state index contributed by atoms with van der Waals surface area (Å²) in [5.74, 6) is -1.74. The van der Waals surface area contributed by atoms with Gasteiger partial charge in [0, 0.05) is 25.9 Å². The van der Waals surface area contributed by atoms with Crippen LogP contribution in [0, 0.1) is 5.92 Å². The summed E-state index contributed by atoms with van der Waals surface area (Å²) in [7, 11) is 0. The van der Waals surface area contributed by atoms with Crippen LogP contribution in [0.1, 0.15) is 12.5 Å². The number of carbonyl (C=O) groups is 2. The van der Waals surface area contributed by atoms with E-state index in [9.17, 15) is 9.59 Å². The fraction of sp³-hybridized carbons (Fsp3) is 0.364. The van der Waals surface area contributed by atoms with Crippen molar-refractivity contribution < 1.29 is 14.7 Å². The topological polar surface area (TPSA) is 79.3 Å². The fourth-order valence-corrected chi connectivity index (χ4v) is 1.32. The molecule has 0 radical (unpaired) electrons. The Morgan fingerprint density at radius 3 is 2.56 bits per heavy atom. The van der Waals surface area contributed by atoms with Gasteiger partial charge in [-0.3, -0.25) is 14.6 Å². The van der Waals surface area contributed by atoms with Gasteiger partial charge in [-0.2, -0.15) is 0 Å². The number of carboxylic acid groups (broad SMARTS) is 1. The number of hydrogen-bond donors (Lipinski definition) is 2. The first-order valence-electron chi connectivity index (χ1n) is 4.95. The van der Waals surface area contributed by atoms with Gasteiger partial charge in [-0.05, 0) is 24.1 Å². The van der Waals surface area contributed by atoms with Crippen molar-refractivity contribution >= 4 is 11.9 Å². The Bertz CT molecular complexity index is 365. The van der Waals surface area contributed by atoms with Crippen molar-refractivity contribution in [3.05, 3.63) is 30.1 Å². The predicted octanol–water partition coefficient (Wildman–Crippen LogP) is 0.461.